The van der Waals surface area contributed by atoms with Crippen molar-refractivity contribution in [2.24, 2.45) is 0 Å². The smallest absolute Gasteiger partial charge is 0.245 e. The lowest BCUT2D eigenvalue weighted by atomic mass is 10.1. The molecule has 0 aliphatic heterocycles. The van der Waals surface area contributed by atoms with Crippen molar-refractivity contribution in [2.75, 3.05) is 11.9 Å². The molecule has 1 N–H and O–H groups in total. The van der Waals surface area contributed by atoms with Crippen LogP contribution in [0.25, 0.3) is 22.3 Å². The molecule has 0 bridgehead atoms. The Bertz CT molecular complexity index is 1200. The Hall–Kier alpha value is -3.61. The van der Waals surface area contributed by atoms with Crippen molar-refractivity contribution in [3.63, 3.8) is 0 Å². The molecule has 0 saturated heterocycles. The number of aryl methyl sites for hydroxylation is 1. The van der Waals surface area contributed by atoms with Gasteiger partial charge in [-0.1, -0.05) is 18.2 Å². The molecule has 2 aromatic heterocycles. The van der Waals surface area contributed by atoms with Gasteiger partial charge < -0.3 is 10.1 Å². The third-order valence-corrected chi connectivity index (χ3v) is 4.64. The van der Waals surface area contributed by atoms with Crippen molar-refractivity contribution in [1.82, 2.24) is 15.0 Å². The summed E-state index contributed by atoms with van der Waals surface area (Å²) < 4.78 is 33.1. The molecule has 0 atom stereocenters. The second-order valence-electron chi connectivity index (χ2n) is 6.76. The highest BCUT2D eigenvalue weighted by Crippen LogP contribution is 2.27. The van der Waals surface area contributed by atoms with E-state index in [9.17, 15) is 8.78 Å². The first-order valence-electron chi connectivity index (χ1n) is 9.60. The van der Waals surface area contributed by atoms with Gasteiger partial charge in [0.25, 0.3) is 0 Å². The molecule has 0 fully saturated rings. The summed E-state index contributed by atoms with van der Waals surface area (Å²) in [5.41, 5.74) is 3.65. The first kappa shape index (κ1) is 19.7. The van der Waals surface area contributed by atoms with Gasteiger partial charge in [0.05, 0.1) is 17.8 Å². The Labute approximate surface area is 172 Å². The zero-order valence-electron chi connectivity index (χ0n) is 16.6. The van der Waals surface area contributed by atoms with Crippen LogP contribution in [0.1, 0.15) is 18.1 Å². The SMILES string of the molecule is CCOc1nc(NCc2cccc(C)c2F)nc2ccc(-c3ccc(F)cc3)nc12. The number of nitrogens with zero attached hydrogens (tertiary/aromatic N) is 3. The highest BCUT2D eigenvalue weighted by molar-refractivity contribution is 5.83. The number of fused-ring (bicyclic) bond motifs is 1. The van der Waals surface area contributed by atoms with Crippen molar-refractivity contribution >= 4 is 17.0 Å². The van der Waals surface area contributed by atoms with Crippen LogP contribution in [0.3, 0.4) is 0 Å². The minimum absolute atomic E-state index is 0.242. The molecule has 152 valence electrons. The molecular formula is C23H20F2N4O. The number of halogens is 2. The number of hydrogen-bond donors (Lipinski definition) is 1. The summed E-state index contributed by atoms with van der Waals surface area (Å²) in [6.07, 6.45) is 0. The number of aromatic nitrogens is 3. The van der Waals surface area contributed by atoms with E-state index in [1.165, 1.54) is 12.1 Å². The standard InChI is InChI=1S/C23H20F2N4O/c1-3-30-22-21-19(12-11-18(27-21)15-7-9-17(24)10-8-15)28-23(29-22)26-13-16-6-4-5-14(2)20(16)25/h4-12H,3,13H2,1-2H3,(H,26,28,29). The Balaban J connectivity index is 1.68. The van der Waals surface area contributed by atoms with E-state index in [0.717, 1.165) is 5.56 Å². The van der Waals surface area contributed by atoms with Crippen molar-refractivity contribution in [3.05, 3.63) is 77.4 Å². The van der Waals surface area contributed by atoms with Crippen LogP contribution in [-0.2, 0) is 6.54 Å². The van der Waals surface area contributed by atoms with Crippen LogP contribution in [-0.4, -0.2) is 21.6 Å². The molecule has 0 aliphatic carbocycles. The largest absolute Gasteiger partial charge is 0.476 e. The summed E-state index contributed by atoms with van der Waals surface area (Å²) in [6.45, 7) is 4.22. The Morgan fingerprint density at radius 3 is 2.50 bits per heavy atom. The number of rotatable bonds is 6. The molecule has 0 saturated carbocycles. The zero-order valence-corrected chi connectivity index (χ0v) is 16.6. The number of hydrogen-bond acceptors (Lipinski definition) is 5. The maximum absolute atomic E-state index is 14.2. The molecule has 0 amide bonds. The van der Waals surface area contributed by atoms with Gasteiger partial charge in [0, 0.05) is 17.7 Å². The minimum Gasteiger partial charge on any atom is -0.476 e. The molecule has 2 heterocycles. The van der Waals surface area contributed by atoms with Gasteiger partial charge in [-0.25, -0.2) is 18.7 Å². The summed E-state index contributed by atoms with van der Waals surface area (Å²) >= 11 is 0. The van der Waals surface area contributed by atoms with E-state index in [4.69, 9.17) is 4.74 Å². The van der Waals surface area contributed by atoms with Crippen LogP contribution in [0.4, 0.5) is 14.7 Å². The Morgan fingerprint density at radius 2 is 1.73 bits per heavy atom. The van der Waals surface area contributed by atoms with Crippen LogP contribution in [0.5, 0.6) is 5.88 Å². The lowest BCUT2D eigenvalue weighted by Crippen LogP contribution is -2.08. The molecule has 0 unspecified atom stereocenters. The van der Waals surface area contributed by atoms with E-state index < -0.39 is 0 Å². The van der Waals surface area contributed by atoms with Gasteiger partial charge in [-0.15, -0.1) is 0 Å². The second kappa shape index (κ2) is 8.41. The van der Waals surface area contributed by atoms with E-state index in [2.05, 4.69) is 20.3 Å². The van der Waals surface area contributed by atoms with Gasteiger partial charge in [-0.3, -0.25) is 0 Å². The van der Waals surface area contributed by atoms with Crippen LogP contribution < -0.4 is 10.1 Å². The fourth-order valence-corrected chi connectivity index (χ4v) is 3.10. The topological polar surface area (TPSA) is 59.9 Å². The highest BCUT2D eigenvalue weighted by Gasteiger charge is 2.13. The zero-order chi connectivity index (χ0) is 21.1. The first-order chi connectivity index (χ1) is 14.5. The Morgan fingerprint density at radius 1 is 0.933 bits per heavy atom. The van der Waals surface area contributed by atoms with E-state index in [0.29, 0.717) is 46.3 Å². The molecule has 0 spiro atoms. The molecule has 2 aromatic carbocycles. The van der Waals surface area contributed by atoms with Crippen LogP contribution in [0.2, 0.25) is 0 Å². The number of benzene rings is 2. The highest BCUT2D eigenvalue weighted by atomic mass is 19.1. The average molecular weight is 406 g/mol. The van der Waals surface area contributed by atoms with Crippen molar-refractivity contribution < 1.29 is 13.5 Å². The minimum atomic E-state index is -0.307. The lowest BCUT2D eigenvalue weighted by molar-refractivity contribution is 0.330. The van der Waals surface area contributed by atoms with Crippen LogP contribution >= 0.6 is 0 Å². The lowest BCUT2D eigenvalue weighted by Gasteiger charge is -2.11. The maximum Gasteiger partial charge on any atom is 0.245 e. The van der Waals surface area contributed by atoms with Gasteiger partial charge in [-0.2, -0.15) is 4.98 Å². The van der Waals surface area contributed by atoms with Crippen LogP contribution in [0, 0.1) is 18.6 Å². The molecule has 7 heteroatoms. The van der Waals surface area contributed by atoms with Gasteiger partial charge in [0.15, 0.2) is 5.52 Å². The molecule has 4 rings (SSSR count). The molecule has 30 heavy (non-hydrogen) atoms. The number of nitrogens with one attached hydrogen (secondary N) is 1. The molecule has 5 nitrogen and oxygen atoms in total. The van der Waals surface area contributed by atoms with E-state index in [1.54, 1.807) is 31.2 Å². The van der Waals surface area contributed by atoms with Crippen LogP contribution in [0.15, 0.2) is 54.6 Å². The molecule has 4 aromatic rings. The van der Waals surface area contributed by atoms with E-state index in [-0.39, 0.29) is 18.2 Å². The fraction of sp³-hybridized carbons (Fsp3) is 0.174. The monoisotopic (exact) mass is 406 g/mol. The quantitative estimate of drug-likeness (QED) is 0.472. The summed E-state index contributed by atoms with van der Waals surface area (Å²) in [5, 5.41) is 3.06. The molecule has 0 radical (unpaired) electrons. The second-order valence-corrected chi connectivity index (χ2v) is 6.76. The molecular weight excluding hydrogens is 386 g/mol. The third-order valence-electron chi connectivity index (χ3n) is 4.64. The average Bonchev–Trinajstić information content (AvgIpc) is 2.75. The Kier molecular flexibility index (Phi) is 5.52. The van der Waals surface area contributed by atoms with Gasteiger partial charge in [-0.05, 0) is 55.8 Å². The molecule has 0 aliphatic rings. The third kappa shape index (κ3) is 4.05. The first-order valence-corrected chi connectivity index (χ1v) is 9.60. The number of pyridine rings is 1. The van der Waals surface area contributed by atoms with Crippen molar-refractivity contribution in [2.45, 2.75) is 20.4 Å². The van der Waals surface area contributed by atoms with Gasteiger partial charge in [0.1, 0.15) is 11.6 Å². The summed E-state index contributed by atoms with van der Waals surface area (Å²) in [6, 6.07) is 15.0. The summed E-state index contributed by atoms with van der Waals surface area (Å²) in [5.74, 6) is 0.0990. The van der Waals surface area contributed by atoms with Gasteiger partial charge in [0.2, 0.25) is 11.8 Å². The maximum atomic E-state index is 14.2. The predicted octanol–water partition coefficient (Wildman–Crippen LogP) is 5.29. The van der Waals surface area contributed by atoms with Crippen molar-refractivity contribution in [1.29, 1.82) is 0 Å². The predicted molar refractivity (Wildman–Crippen MR) is 112 cm³/mol. The number of anilines is 1. The summed E-state index contributed by atoms with van der Waals surface area (Å²) in [4.78, 5) is 13.5. The van der Waals surface area contributed by atoms with Gasteiger partial charge >= 0.3 is 0 Å². The van der Waals surface area contributed by atoms with E-state index >= 15 is 0 Å². The van der Waals surface area contributed by atoms with Crippen molar-refractivity contribution in [3.8, 4) is 17.1 Å². The number of ether oxygens (including phenoxy) is 1. The summed E-state index contributed by atoms with van der Waals surface area (Å²) in [7, 11) is 0. The normalized spacial score (nSPS) is 10.9. The fourth-order valence-electron chi connectivity index (χ4n) is 3.10. The van der Waals surface area contributed by atoms with E-state index in [1.807, 2.05) is 25.1 Å².